The number of rotatable bonds is 2. The van der Waals surface area contributed by atoms with Crippen molar-refractivity contribution < 1.29 is 4.92 Å². The third-order valence-corrected chi connectivity index (χ3v) is 2.10. The van der Waals surface area contributed by atoms with Crippen molar-refractivity contribution in [3.05, 3.63) is 50.7 Å². The van der Waals surface area contributed by atoms with Gasteiger partial charge in [-0.15, -0.1) is 0 Å². The number of benzene rings is 1. The third kappa shape index (κ3) is 2.42. The van der Waals surface area contributed by atoms with Crippen molar-refractivity contribution in [3.8, 4) is 0 Å². The summed E-state index contributed by atoms with van der Waals surface area (Å²) in [6, 6.07) is 4.04. The van der Waals surface area contributed by atoms with Gasteiger partial charge >= 0.3 is 0 Å². The van der Waals surface area contributed by atoms with Gasteiger partial charge in [0.25, 0.3) is 0 Å². The monoisotopic (exact) mass is 191 g/mol. The molecule has 0 bridgehead atoms. The Morgan fingerprint density at radius 1 is 1.21 bits per heavy atom. The molecule has 1 rings (SSSR count). The number of hydrogen-bond donors (Lipinski definition) is 0. The summed E-state index contributed by atoms with van der Waals surface area (Å²) in [5.41, 5.74) is 4.26. The summed E-state index contributed by atoms with van der Waals surface area (Å²) in [4.78, 5) is 9.74. The minimum atomic E-state index is -0.446. The molecule has 0 fully saturated rings. The summed E-state index contributed by atoms with van der Waals surface area (Å²) in [6.07, 6.45) is 2.52. The van der Waals surface area contributed by atoms with Gasteiger partial charge in [-0.1, -0.05) is 17.7 Å². The molecule has 0 spiro atoms. The molecule has 1 aromatic carbocycles. The van der Waals surface area contributed by atoms with Crippen LogP contribution in [0.5, 0.6) is 0 Å². The summed E-state index contributed by atoms with van der Waals surface area (Å²) in [5, 5.41) is 10.2. The van der Waals surface area contributed by atoms with Crippen LogP contribution in [0.15, 0.2) is 18.3 Å². The first-order chi connectivity index (χ1) is 6.50. The molecule has 0 atom stereocenters. The molecule has 0 aromatic heterocycles. The van der Waals surface area contributed by atoms with Gasteiger partial charge in [-0.25, -0.2) is 0 Å². The maximum absolute atomic E-state index is 10.2. The van der Waals surface area contributed by atoms with Gasteiger partial charge in [0.2, 0.25) is 6.20 Å². The van der Waals surface area contributed by atoms with Crippen molar-refractivity contribution in [1.82, 2.24) is 0 Å². The minimum Gasteiger partial charge on any atom is -0.259 e. The van der Waals surface area contributed by atoms with Crippen LogP contribution in [0.1, 0.15) is 22.3 Å². The molecule has 0 unspecified atom stereocenters. The number of nitro groups is 1. The Labute approximate surface area is 83.2 Å². The molecule has 3 nitrogen and oxygen atoms in total. The van der Waals surface area contributed by atoms with Crippen molar-refractivity contribution >= 4 is 6.08 Å². The first-order valence-electron chi connectivity index (χ1n) is 4.40. The molecular formula is C11H13NO2. The van der Waals surface area contributed by atoms with E-state index < -0.39 is 4.92 Å². The Balaban J connectivity index is 3.15. The van der Waals surface area contributed by atoms with Crippen LogP contribution in [0.4, 0.5) is 0 Å². The summed E-state index contributed by atoms with van der Waals surface area (Å²) < 4.78 is 0. The van der Waals surface area contributed by atoms with Crippen LogP contribution >= 0.6 is 0 Å². The molecule has 0 aliphatic rings. The minimum absolute atomic E-state index is 0.446. The van der Waals surface area contributed by atoms with Crippen LogP contribution in [0.2, 0.25) is 0 Å². The van der Waals surface area contributed by atoms with Gasteiger partial charge in [0.1, 0.15) is 0 Å². The second-order valence-corrected chi connectivity index (χ2v) is 3.41. The number of aryl methyl sites for hydroxylation is 3. The highest BCUT2D eigenvalue weighted by Crippen LogP contribution is 2.17. The van der Waals surface area contributed by atoms with Gasteiger partial charge in [-0.3, -0.25) is 10.1 Å². The van der Waals surface area contributed by atoms with Gasteiger partial charge in [0.15, 0.2) is 0 Å². The Bertz CT molecular complexity index is 371. The van der Waals surface area contributed by atoms with Gasteiger partial charge in [0.05, 0.1) is 4.92 Å². The van der Waals surface area contributed by atoms with Crippen molar-refractivity contribution in [3.63, 3.8) is 0 Å². The summed E-state index contributed by atoms with van der Waals surface area (Å²) in [6.45, 7) is 5.93. The van der Waals surface area contributed by atoms with Gasteiger partial charge < -0.3 is 0 Å². The lowest BCUT2D eigenvalue weighted by atomic mass is 10.00. The predicted octanol–water partition coefficient (Wildman–Crippen LogP) is 2.86. The average molecular weight is 191 g/mol. The fourth-order valence-corrected chi connectivity index (χ4v) is 1.59. The van der Waals surface area contributed by atoms with E-state index in [4.69, 9.17) is 0 Å². The number of hydrogen-bond acceptors (Lipinski definition) is 2. The predicted molar refractivity (Wildman–Crippen MR) is 56.7 cm³/mol. The highest BCUT2D eigenvalue weighted by Gasteiger charge is 2.01. The van der Waals surface area contributed by atoms with E-state index in [1.165, 1.54) is 5.56 Å². The van der Waals surface area contributed by atoms with E-state index in [0.717, 1.165) is 22.9 Å². The molecular weight excluding hydrogens is 178 g/mol. The lowest BCUT2D eigenvalue weighted by Gasteiger charge is -2.05. The van der Waals surface area contributed by atoms with Crippen molar-refractivity contribution in [2.24, 2.45) is 0 Å². The van der Waals surface area contributed by atoms with Gasteiger partial charge in [-0.2, -0.15) is 0 Å². The topological polar surface area (TPSA) is 43.1 Å². The Kier molecular flexibility index (Phi) is 3.02. The zero-order valence-electron chi connectivity index (χ0n) is 8.57. The van der Waals surface area contributed by atoms with E-state index in [1.54, 1.807) is 6.08 Å². The van der Waals surface area contributed by atoms with Gasteiger partial charge in [0, 0.05) is 6.08 Å². The summed E-state index contributed by atoms with van der Waals surface area (Å²) in [5.74, 6) is 0. The zero-order valence-corrected chi connectivity index (χ0v) is 8.57. The maximum atomic E-state index is 10.2. The molecule has 0 aliphatic heterocycles. The molecule has 74 valence electrons. The maximum Gasteiger partial charge on any atom is 0.235 e. The van der Waals surface area contributed by atoms with E-state index in [1.807, 2.05) is 32.9 Å². The molecule has 1 aromatic rings. The Morgan fingerprint density at radius 3 is 2.14 bits per heavy atom. The van der Waals surface area contributed by atoms with E-state index in [-0.39, 0.29) is 0 Å². The molecule has 0 amide bonds. The van der Waals surface area contributed by atoms with E-state index in [2.05, 4.69) is 0 Å². The molecule has 0 N–H and O–H groups in total. The molecule has 14 heavy (non-hydrogen) atoms. The number of nitrogens with zero attached hydrogens (tertiary/aromatic N) is 1. The third-order valence-electron chi connectivity index (χ3n) is 2.10. The summed E-state index contributed by atoms with van der Waals surface area (Å²) >= 11 is 0. The van der Waals surface area contributed by atoms with Crippen LogP contribution in [0, 0.1) is 30.9 Å². The highest BCUT2D eigenvalue weighted by atomic mass is 16.6. The quantitative estimate of drug-likeness (QED) is 0.533. The normalized spacial score (nSPS) is 10.8. The zero-order chi connectivity index (χ0) is 10.7. The Hall–Kier alpha value is -1.64. The van der Waals surface area contributed by atoms with Crippen molar-refractivity contribution in [2.75, 3.05) is 0 Å². The lowest BCUT2D eigenvalue weighted by Crippen LogP contribution is -1.90. The van der Waals surface area contributed by atoms with Crippen molar-refractivity contribution in [1.29, 1.82) is 0 Å². The fourth-order valence-electron chi connectivity index (χ4n) is 1.59. The smallest absolute Gasteiger partial charge is 0.235 e. The largest absolute Gasteiger partial charge is 0.259 e. The fraction of sp³-hybridized carbons (Fsp3) is 0.273. The van der Waals surface area contributed by atoms with Crippen molar-refractivity contribution in [2.45, 2.75) is 20.8 Å². The first kappa shape index (κ1) is 10.4. The van der Waals surface area contributed by atoms with Crippen LogP contribution in [-0.2, 0) is 0 Å². The molecule has 0 aliphatic carbocycles. The molecule has 3 heteroatoms. The molecule has 0 saturated carbocycles. The van der Waals surface area contributed by atoms with Crippen LogP contribution in [0.3, 0.4) is 0 Å². The average Bonchev–Trinajstić information content (AvgIpc) is 2.01. The van der Waals surface area contributed by atoms with Crippen LogP contribution < -0.4 is 0 Å². The van der Waals surface area contributed by atoms with Crippen LogP contribution in [0.25, 0.3) is 6.08 Å². The molecule has 0 radical (unpaired) electrons. The van der Waals surface area contributed by atoms with Crippen LogP contribution in [-0.4, -0.2) is 4.92 Å². The lowest BCUT2D eigenvalue weighted by molar-refractivity contribution is -0.400. The standard InChI is InChI=1S/C11H13NO2/c1-8-6-9(2)11(10(3)7-8)4-5-12(13)14/h4-7H,1-3H3. The summed E-state index contributed by atoms with van der Waals surface area (Å²) in [7, 11) is 0. The highest BCUT2D eigenvalue weighted by molar-refractivity contribution is 5.57. The first-order valence-corrected chi connectivity index (χ1v) is 4.40. The van der Waals surface area contributed by atoms with E-state index in [0.29, 0.717) is 0 Å². The second kappa shape index (κ2) is 4.05. The second-order valence-electron chi connectivity index (χ2n) is 3.41. The SMILES string of the molecule is Cc1cc(C)c(C=C[N+](=O)[O-])c(C)c1. The Morgan fingerprint density at radius 2 is 1.71 bits per heavy atom. The van der Waals surface area contributed by atoms with E-state index >= 15 is 0 Å². The molecule has 0 saturated heterocycles. The van der Waals surface area contributed by atoms with Gasteiger partial charge in [-0.05, 0) is 37.5 Å². The van der Waals surface area contributed by atoms with E-state index in [9.17, 15) is 10.1 Å². The molecule has 0 heterocycles.